The van der Waals surface area contributed by atoms with Gasteiger partial charge in [-0.1, -0.05) is 6.42 Å². The first-order valence-corrected chi connectivity index (χ1v) is 10.1. The molecule has 0 radical (unpaired) electrons. The summed E-state index contributed by atoms with van der Waals surface area (Å²) in [6.45, 7) is 2.66. The fourth-order valence-electron chi connectivity index (χ4n) is 4.06. The molecule has 8 heteroatoms. The molecule has 3 aliphatic heterocycles. The molecule has 1 atom stereocenters. The molecule has 1 saturated carbocycles. The molecule has 0 saturated heterocycles. The number of hydrogen-bond acceptors (Lipinski definition) is 8. The number of rotatable bonds is 3. The van der Waals surface area contributed by atoms with Crippen LogP contribution in [0.3, 0.4) is 0 Å². The number of benzene rings is 1. The first kappa shape index (κ1) is 16.7. The third-order valence-corrected chi connectivity index (χ3v) is 7.28. The van der Waals surface area contributed by atoms with Gasteiger partial charge in [0.25, 0.3) is 0 Å². The van der Waals surface area contributed by atoms with Crippen molar-refractivity contribution in [3.05, 3.63) is 40.7 Å². The molecule has 0 aromatic heterocycles. The molecule has 0 amide bonds. The van der Waals surface area contributed by atoms with E-state index in [4.69, 9.17) is 5.73 Å². The van der Waals surface area contributed by atoms with E-state index in [0.29, 0.717) is 17.3 Å². The van der Waals surface area contributed by atoms with E-state index in [0.717, 1.165) is 28.4 Å². The Hall–Kier alpha value is -2.48. The van der Waals surface area contributed by atoms with Crippen molar-refractivity contribution in [2.75, 3.05) is 16.9 Å². The number of amidine groups is 1. The van der Waals surface area contributed by atoms with Crippen LogP contribution in [0.2, 0.25) is 0 Å². The van der Waals surface area contributed by atoms with Gasteiger partial charge in [-0.05, 0) is 31.9 Å². The Kier molecular flexibility index (Phi) is 3.72. The molecule has 0 bridgehead atoms. The van der Waals surface area contributed by atoms with E-state index in [1.54, 1.807) is 6.07 Å². The fraction of sp³-hybridized carbons (Fsp3) is 0.421. The number of thioether (sulfide) groups is 1. The van der Waals surface area contributed by atoms with Gasteiger partial charge in [0.15, 0.2) is 6.29 Å². The third kappa shape index (κ3) is 2.88. The second kappa shape index (κ2) is 6.02. The predicted molar refractivity (Wildman–Crippen MR) is 110 cm³/mol. The van der Waals surface area contributed by atoms with E-state index < -0.39 is 0 Å². The molecule has 1 spiro atoms. The van der Waals surface area contributed by atoms with Crippen LogP contribution in [0.1, 0.15) is 32.6 Å². The average Bonchev–Trinajstić information content (AvgIpc) is 3.19. The molecule has 6 N–H and O–H groups in total. The molecule has 1 unspecified atom stereocenters. The Bertz CT molecular complexity index is 888. The van der Waals surface area contributed by atoms with E-state index in [1.807, 2.05) is 41.9 Å². The lowest BCUT2D eigenvalue weighted by Gasteiger charge is -2.37. The minimum atomic E-state index is -0.319. The maximum Gasteiger partial charge on any atom is 0.196 e. The van der Waals surface area contributed by atoms with Crippen molar-refractivity contribution in [3.63, 3.8) is 0 Å². The second-order valence-electron chi connectivity index (χ2n) is 7.65. The molecule has 1 aromatic carbocycles. The van der Waals surface area contributed by atoms with Gasteiger partial charge in [0, 0.05) is 40.5 Å². The maximum atomic E-state index is 10.4. The molecule has 7 nitrogen and oxygen atoms in total. The summed E-state index contributed by atoms with van der Waals surface area (Å²) < 4.78 is 0.349. The molecule has 1 fully saturated rings. The first-order chi connectivity index (χ1) is 13.0. The highest BCUT2D eigenvalue weighted by Crippen LogP contribution is 2.56. The molecule has 5 rings (SSSR count). The summed E-state index contributed by atoms with van der Waals surface area (Å²) in [5.74, 6) is 0.838. The fourth-order valence-corrected chi connectivity index (χ4v) is 5.61. The summed E-state index contributed by atoms with van der Waals surface area (Å²) in [7, 11) is 0. The number of nitrogens with zero attached hydrogens (tertiary/aromatic N) is 2. The number of nitrogens with two attached hydrogens (primary N) is 1. The number of phenols is 1. The summed E-state index contributed by atoms with van der Waals surface area (Å²) in [5.41, 5.74) is 10.1. The van der Waals surface area contributed by atoms with Crippen LogP contribution in [0.15, 0.2) is 45.7 Å². The van der Waals surface area contributed by atoms with Gasteiger partial charge in [0.2, 0.25) is 0 Å². The molecular formula is C19H24N6OS. The van der Waals surface area contributed by atoms with E-state index in [9.17, 15) is 5.11 Å². The summed E-state index contributed by atoms with van der Waals surface area (Å²) in [6, 6.07) is 5.58. The molecule has 27 heavy (non-hydrogen) atoms. The Morgan fingerprint density at radius 3 is 2.93 bits per heavy atom. The molecule has 1 aromatic rings. The molecule has 142 valence electrons. The van der Waals surface area contributed by atoms with E-state index in [1.165, 1.54) is 25.0 Å². The van der Waals surface area contributed by atoms with Crippen molar-refractivity contribution in [2.45, 2.75) is 43.6 Å². The lowest BCUT2D eigenvalue weighted by molar-refractivity contribution is 0.358. The molecular weight excluding hydrogens is 360 g/mol. The third-order valence-electron chi connectivity index (χ3n) is 5.63. The molecule has 3 heterocycles. The van der Waals surface area contributed by atoms with Gasteiger partial charge >= 0.3 is 0 Å². The quantitative estimate of drug-likeness (QED) is 0.546. The number of hydrogen-bond donors (Lipinski definition) is 5. The van der Waals surface area contributed by atoms with E-state index in [-0.39, 0.29) is 12.0 Å². The van der Waals surface area contributed by atoms with Gasteiger partial charge in [0.05, 0.1) is 17.3 Å². The number of allylic oxidation sites excluding steroid dienone is 2. The number of phenolic OH excluding ortho intramolecular Hbond substituents is 1. The van der Waals surface area contributed by atoms with Crippen molar-refractivity contribution in [1.82, 2.24) is 10.6 Å². The first-order valence-electron chi connectivity index (χ1n) is 9.32. The van der Waals surface area contributed by atoms with Crippen LogP contribution < -0.4 is 26.6 Å². The number of aliphatic imine (C=N–C) groups is 1. The standard InChI is InChI=1S/C19H24N6OS/c1-11-9-25(10-21-11)14-4-3-12(7-15(14)26)22-18-23-13-8-19(5-2-6-19)27-16(13)17(20)24-18/h3-4,7,9,18,21-23,26H,2,5-6,8,10H2,1H3,(H2,20,24). The van der Waals surface area contributed by atoms with Gasteiger partial charge in [-0.2, -0.15) is 0 Å². The highest BCUT2D eigenvalue weighted by Gasteiger charge is 2.46. The van der Waals surface area contributed by atoms with Gasteiger partial charge in [-0.15, -0.1) is 11.8 Å². The van der Waals surface area contributed by atoms with Crippen LogP contribution >= 0.6 is 11.8 Å². The Labute approximate surface area is 162 Å². The Morgan fingerprint density at radius 2 is 2.26 bits per heavy atom. The van der Waals surface area contributed by atoms with Crippen molar-refractivity contribution in [3.8, 4) is 5.75 Å². The minimum absolute atomic E-state index is 0.227. The number of nitrogens with one attached hydrogen (secondary N) is 3. The van der Waals surface area contributed by atoms with Crippen molar-refractivity contribution in [1.29, 1.82) is 0 Å². The molecule has 4 aliphatic rings. The zero-order valence-electron chi connectivity index (χ0n) is 15.2. The van der Waals surface area contributed by atoms with Gasteiger partial charge in [-0.25, -0.2) is 4.99 Å². The lowest BCUT2D eigenvalue weighted by Crippen LogP contribution is -2.40. The monoisotopic (exact) mass is 384 g/mol. The van der Waals surface area contributed by atoms with Crippen molar-refractivity contribution < 1.29 is 5.11 Å². The minimum Gasteiger partial charge on any atom is -0.506 e. The van der Waals surface area contributed by atoms with Gasteiger partial charge in [0.1, 0.15) is 11.6 Å². The largest absolute Gasteiger partial charge is 0.506 e. The highest BCUT2D eigenvalue weighted by atomic mass is 32.2. The maximum absolute atomic E-state index is 10.4. The predicted octanol–water partition coefficient (Wildman–Crippen LogP) is 2.55. The van der Waals surface area contributed by atoms with Gasteiger partial charge < -0.3 is 31.7 Å². The van der Waals surface area contributed by atoms with E-state index >= 15 is 0 Å². The Balaban J connectivity index is 1.29. The zero-order valence-corrected chi connectivity index (χ0v) is 16.1. The summed E-state index contributed by atoms with van der Waals surface area (Å²) in [5, 5.41) is 20.5. The summed E-state index contributed by atoms with van der Waals surface area (Å²) >= 11 is 1.90. The zero-order chi connectivity index (χ0) is 18.6. The Morgan fingerprint density at radius 1 is 1.41 bits per heavy atom. The summed E-state index contributed by atoms with van der Waals surface area (Å²) in [4.78, 5) is 7.67. The topological polar surface area (TPSA) is 97.9 Å². The van der Waals surface area contributed by atoms with Crippen LogP contribution in [-0.4, -0.2) is 28.6 Å². The SMILES string of the molecule is CC1=CN(c2ccc(NC3N=C(N)C4=C(CC5(CCC5)S4)N3)cc2O)CN1. The normalized spacial score (nSPS) is 25.4. The van der Waals surface area contributed by atoms with Gasteiger partial charge in [-0.3, -0.25) is 0 Å². The van der Waals surface area contributed by atoms with Crippen molar-refractivity contribution >= 4 is 29.0 Å². The number of anilines is 2. The highest BCUT2D eigenvalue weighted by molar-refractivity contribution is 8.05. The van der Waals surface area contributed by atoms with Crippen LogP contribution in [0.25, 0.3) is 0 Å². The average molecular weight is 385 g/mol. The van der Waals surface area contributed by atoms with Crippen LogP contribution in [0.4, 0.5) is 11.4 Å². The van der Waals surface area contributed by atoms with E-state index in [2.05, 4.69) is 20.9 Å². The molecule has 1 aliphatic carbocycles. The number of aromatic hydroxyl groups is 1. The van der Waals surface area contributed by atoms with Crippen LogP contribution in [0.5, 0.6) is 5.75 Å². The summed E-state index contributed by atoms with van der Waals surface area (Å²) in [6.07, 6.45) is 6.52. The smallest absolute Gasteiger partial charge is 0.196 e. The van der Waals surface area contributed by atoms with Crippen LogP contribution in [-0.2, 0) is 0 Å². The lowest BCUT2D eigenvalue weighted by atomic mass is 9.81. The van der Waals surface area contributed by atoms with Crippen LogP contribution in [0, 0.1) is 0 Å². The second-order valence-corrected chi connectivity index (χ2v) is 9.13. The van der Waals surface area contributed by atoms with Crippen molar-refractivity contribution in [2.24, 2.45) is 10.7 Å².